The van der Waals surface area contributed by atoms with Crippen molar-refractivity contribution in [2.45, 2.75) is 52.6 Å². The summed E-state index contributed by atoms with van der Waals surface area (Å²) in [6.07, 6.45) is 3.73. The third-order valence-corrected chi connectivity index (χ3v) is 4.09. The number of hydrogen-bond acceptors (Lipinski definition) is 4. The van der Waals surface area contributed by atoms with Gasteiger partial charge in [0.2, 0.25) is 0 Å². The van der Waals surface area contributed by atoms with Gasteiger partial charge in [0.05, 0.1) is 6.54 Å². The highest BCUT2D eigenvalue weighted by molar-refractivity contribution is 5.68. The molecule has 6 nitrogen and oxygen atoms in total. The molecule has 0 aliphatic heterocycles. The average Bonchev–Trinajstić information content (AvgIpc) is 2.99. The van der Waals surface area contributed by atoms with Gasteiger partial charge in [0, 0.05) is 13.0 Å². The van der Waals surface area contributed by atoms with Crippen molar-refractivity contribution in [1.82, 2.24) is 24.5 Å². The van der Waals surface area contributed by atoms with Gasteiger partial charge < -0.3 is 0 Å². The van der Waals surface area contributed by atoms with Gasteiger partial charge in [-0.25, -0.2) is 9.67 Å². The van der Waals surface area contributed by atoms with Crippen molar-refractivity contribution in [2.75, 3.05) is 0 Å². The summed E-state index contributed by atoms with van der Waals surface area (Å²) < 4.78 is 3.49. The fraction of sp³-hybridized carbons (Fsp3) is 0.444. The number of fused-ring (bicyclic) bond motifs is 1. The van der Waals surface area contributed by atoms with Gasteiger partial charge in [-0.2, -0.15) is 0 Å². The van der Waals surface area contributed by atoms with Crippen LogP contribution in [0.4, 0.5) is 0 Å². The zero-order valence-electron chi connectivity index (χ0n) is 14.3. The van der Waals surface area contributed by atoms with Gasteiger partial charge in [0.1, 0.15) is 5.82 Å². The predicted octanol–water partition coefficient (Wildman–Crippen LogP) is 2.79. The van der Waals surface area contributed by atoms with E-state index in [2.05, 4.69) is 24.2 Å². The van der Waals surface area contributed by atoms with E-state index in [9.17, 15) is 4.79 Å². The molecule has 6 heteroatoms. The van der Waals surface area contributed by atoms with E-state index in [1.165, 1.54) is 0 Å². The zero-order valence-corrected chi connectivity index (χ0v) is 14.3. The monoisotopic (exact) mass is 325 g/mol. The molecule has 0 unspecified atom stereocenters. The summed E-state index contributed by atoms with van der Waals surface area (Å²) in [5.74, 6) is 0.833. The number of hydrogen-bond donors (Lipinski definition) is 0. The van der Waals surface area contributed by atoms with Gasteiger partial charge in [-0.05, 0) is 18.4 Å². The molecular weight excluding hydrogens is 302 g/mol. The lowest BCUT2D eigenvalue weighted by atomic mass is 10.2. The number of aromatic nitrogens is 5. The van der Waals surface area contributed by atoms with Gasteiger partial charge in [-0.3, -0.25) is 9.36 Å². The SMILES string of the molecule is CCCCn1c(CCC)nc2c(nnn2Cc2ccccc2)c1=O. The van der Waals surface area contributed by atoms with Crippen LogP contribution < -0.4 is 5.56 Å². The number of rotatable bonds is 7. The first-order valence-electron chi connectivity index (χ1n) is 8.61. The molecule has 0 N–H and O–H groups in total. The van der Waals surface area contributed by atoms with Crippen LogP contribution in [0.1, 0.15) is 44.5 Å². The summed E-state index contributed by atoms with van der Waals surface area (Å²) in [6, 6.07) is 10.0. The smallest absolute Gasteiger partial charge is 0.283 e. The second-order valence-electron chi connectivity index (χ2n) is 5.99. The van der Waals surface area contributed by atoms with Gasteiger partial charge in [-0.15, -0.1) is 5.10 Å². The van der Waals surface area contributed by atoms with Gasteiger partial charge in [0.15, 0.2) is 11.2 Å². The van der Waals surface area contributed by atoms with E-state index in [1.807, 2.05) is 30.3 Å². The molecule has 1 aromatic carbocycles. The first kappa shape index (κ1) is 16.4. The molecule has 0 radical (unpaired) electrons. The van der Waals surface area contributed by atoms with Crippen molar-refractivity contribution in [3.63, 3.8) is 0 Å². The first-order valence-corrected chi connectivity index (χ1v) is 8.61. The maximum absolute atomic E-state index is 12.8. The molecule has 0 amide bonds. The summed E-state index contributed by atoms with van der Waals surface area (Å²) in [7, 11) is 0. The van der Waals surface area contributed by atoms with E-state index >= 15 is 0 Å². The molecule has 24 heavy (non-hydrogen) atoms. The maximum Gasteiger partial charge on any atom is 0.283 e. The molecular formula is C18H23N5O. The molecule has 0 bridgehead atoms. The second-order valence-corrected chi connectivity index (χ2v) is 5.99. The molecule has 0 fully saturated rings. The highest BCUT2D eigenvalue weighted by atomic mass is 16.1. The van der Waals surface area contributed by atoms with Crippen LogP contribution in [-0.4, -0.2) is 24.5 Å². The minimum atomic E-state index is -0.0730. The summed E-state index contributed by atoms with van der Waals surface area (Å²) in [4.78, 5) is 17.5. The van der Waals surface area contributed by atoms with Crippen LogP contribution in [0.3, 0.4) is 0 Å². The Labute approximate surface area is 141 Å². The Morgan fingerprint density at radius 3 is 2.58 bits per heavy atom. The van der Waals surface area contributed by atoms with E-state index < -0.39 is 0 Å². The van der Waals surface area contributed by atoms with Crippen LogP contribution in [0.5, 0.6) is 0 Å². The third kappa shape index (κ3) is 3.22. The fourth-order valence-corrected chi connectivity index (χ4v) is 2.81. The van der Waals surface area contributed by atoms with Crippen LogP contribution in [0.2, 0.25) is 0 Å². The van der Waals surface area contributed by atoms with Crippen molar-refractivity contribution in [2.24, 2.45) is 0 Å². The zero-order chi connectivity index (χ0) is 16.9. The summed E-state index contributed by atoms with van der Waals surface area (Å²) in [5, 5.41) is 8.27. The molecule has 2 aromatic heterocycles. The summed E-state index contributed by atoms with van der Waals surface area (Å²) >= 11 is 0. The van der Waals surface area contributed by atoms with Gasteiger partial charge in [0.25, 0.3) is 5.56 Å². The topological polar surface area (TPSA) is 65.6 Å². The first-order chi connectivity index (χ1) is 11.7. The fourth-order valence-electron chi connectivity index (χ4n) is 2.81. The second kappa shape index (κ2) is 7.38. The molecule has 0 spiro atoms. The molecule has 0 atom stereocenters. The van der Waals surface area contributed by atoms with E-state index in [1.54, 1.807) is 9.25 Å². The maximum atomic E-state index is 12.8. The predicted molar refractivity (Wildman–Crippen MR) is 94.0 cm³/mol. The van der Waals surface area contributed by atoms with E-state index in [0.717, 1.165) is 37.1 Å². The van der Waals surface area contributed by atoms with Crippen LogP contribution in [-0.2, 0) is 19.5 Å². The average molecular weight is 325 g/mol. The summed E-state index contributed by atoms with van der Waals surface area (Å²) in [5.41, 5.74) is 1.98. The Kier molecular flexibility index (Phi) is 5.03. The molecule has 2 heterocycles. The molecule has 0 saturated carbocycles. The summed E-state index contributed by atoms with van der Waals surface area (Å²) in [6.45, 7) is 5.47. The Hall–Kier alpha value is -2.50. The third-order valence-electron chi connectivity index (χ3n) is 4.09. The standard InChI is InChI=1S/C18H23N5O/c1-3-5-12-22-15(9-4-2)19-17-16(18(22)24)20-21-23(17)13-14-10-7-6-8-11-14/h6-8,10-11H,3-5,9,12-13H2,1-2H3. The molecule has 0 aliphatic carbocycles. The van der Waals surface area contributed by atoms with Crippen LogP contribution in [0.25, 0.3) is 11.2 Å². The van der Waals surface area contributed by atoms with Gasteiger partial charge in [-0.1, -0.05) is 55.8 Å². The minimum Gasteiger partial charge on any atom is -0.295 e. The highest BCUT2D eigenvalue weighted by Crippen LogP contribution is 2.11. The Morgan fingerprint density at radius 2 is 1.88 bits per heavy atom. The van der Waals surface area contributed by atoms with E-state index in [4.69, 9.17) is 4.98 Å². The largest absolute Gasteiger partial charge is 0.295 e. The quantitative estimate of drug-likeness (QED) is 0.670. The lowest BCUT2D eigenvalue weighted by Gasteiger charge is -2.11. The van der Waals surface area contributed by atoms with E-state index in [-0.39, 0.29) is 5.56 Å². The Morgan fingerprint density at radius 1 is 1.08 bits per heavy atom. The molecule has 126 valence electrons. The lowest BCUT2D eigenvalue weighted by molar-refractivity contribution is 0.569. The lowest BCUT2D eigenvalue weighted by Crippen LogP contribution is -2.26. The Balaban J connectivity index is 2.06. The van der Waals surface area contributed by atoms with Crippen LogP contribution >= 0.6 is 0 Å². The van der Waals surface area contributed by atoms with Crippen molar-refractivity contribution in [1.29, 1.82) is 0 Å². The molecule has 3 aromatic rings. The number of unbranched alkanes of at least 4 members (excludes halogenated alkanes) is 1. The van der Waals surface area contributed by atoms with Crippen LogP contribution in [0.15, 0.2) is 35.1 Å². The normalized spacial score (nSPS) is 11.2. The minimum absolute atomic E-state index is 0.0730. The Bertz CT molecular complexity index is 866. The van der Waals surface area contributed by atoms with Crippen molar-refractivity contribution < 1.29 is 0 Å². The van der Waals surface area contributed by atoms with Crippen molar-refractivity contribution in [3.8, 4) is 0 Å². The van der Waals surface area contributed by atoms with Gasteiger partial charge >= 0.3 is 0 Å². The molecule has 0 saturated heterocycles. The number of benzene rings is 1. The van der Waals surface area contributed by atoms with Crippen molar-refractivity contribution in [3.05, 3.63) is 52.1 Å². The van der Waals surface area contributed by atoms with Crippen molar-refractivity contribution >= 4 is 11.2 Å². The van der Waals surface area contributed by atoms with Crippen LogP contribution in [0, 0.1) is 0 Å². The van der Waals surface area contributed by atoms with E-state index in [0.29, 0.717) is 24.3 Å². The number of aryl methyl sites for hydroxylation is 1. The highest BCUT2D eigenvalue weighted by Gasteiger charge is 2.16. The molecule has 3 rings (SSSR count). The molecule has 0 aliphatic rings. The number of nitrogens with zero attached hydrogens (tertiary/aromatic N) is 5.